The number of hydrogen-bond donors (Lipinski definition) is 3. The summed E-state index contributed by atoms with van der Waals surface area (Å²) in [6.07, 6.45) is 2.60. The van der Waals surface area contributed by atoms with Gasteiger partial charge in [-0.3, -0.25) is 19.0 Å². The number of nitrogens with zero attached hydrogens (tertiary/aromatic N) is 3. The quantitative estimate of drug-likeness (QED) is 0.564. The first kappa shape index (κ1) is 22.2. The lowest BCUT2D eigenvalue weighted by Crippen LogP contribution is -2.50. The zero-order chi connectivity index (χ0) is 23.2. The van der Waals surface area contributed by atoms with Crippen molar-refractivity contribution in [1.82, 2.24) is 24.8 Å². The third kappa shape index (κ3) is 4.46. The maximum atomic E-state index is 13.0. The molecule has 0 spiro atoms. The molecule has 0 bridgehead atoms. The fourth-order valence-electron chi connectivity index (χ4n) is 3.96. The Balaban J connectivity index is 1.60. The number of aryl methyl sites for hydroxylation is 1. The third-order valence-corrected chi connectivity index (χ3v) is 5.72. The molecule has 0 atom stereocenters. The lowest BCUT2D eigenvalue weighted by atomic mass is 9.88. The van der Waals surface area contributed by atoms with Gasteiger partial charge >= 0.3 is 0 Å². The van der Waals surface area contributed by atoms with Gasteiger partial charge in [0.1, 0.15) is 5.65 Å². The first-order chi connectivity index (χ1) is 15.1. The molecule has 32 heavy (non-hydrogen) atoms. The van der Waals surface area contributed by atoms with Crippen LogP contribution >= 0.6 is 0 Å². The lowest BCUT2D eigenvalue weighted by Gasteiger charge is -2.35. The van der Waals surface area contributed by atoms with E-state index in [1.807, 2.05) is 13.8 Å². The Morgan fingerprint density at radius 1 is 1.25 bits per heavy atom. The van der Waals surface area contributed by atoms with Crippen LogP contribution in [-0.2, 0) is 17.8 Å². The van der Waals surface area contributed by atoms with E-state index < -0.39 is 29.3 Å². The van der Waals surface area contributed by atoms with Crippen LogP contribution in [0.4, 0.5) is 8.78 Å². The van der Waals surface area contributed by atoms with Gasteiger partial charge in [-0.05, 0) is 25.2 Å². The highest BCUT2D eigenvalue weighted by Gasteiger charge is 2.45. The summed E-state index contributed by atoms with van der Waals surface area (Å²) < 4.78 is 28.5. The maximum absolute atomic E-state index is 13.0. The topological polar surface area (TPSA) is 118 Å². The van der Waals surface area contributed by atoms with Gasteiger partial charge in [0.05, 0.1) is 6.20 Å². The molecule has 2 aliphatic carbocycles. The molecule has 2 aromatic heterocycles. The first-order valence-corrected chi connectivity index (χ1v) is 10.9. The first-order valence-electron chi connectivity index (χ1n) is 10.9. The Hall–Kier alpha value is -2.98. The van der Waals surface area contributed by atoms with Gasteiger partial charge in [-0.2, -0.15) is 9.61 Å². The van der Waals surface area contributed by atoms with Gasteiger partial charge in [-0.15, -0.1) is 0 Å². The Bertz CT molecular complexity index is 1110. The molecular weight excluding hydrogens is 424 g/mol. The second-order valence-corrected chi connectivity index (χ2v) is 9.19. The number of halogens is 2. The van der Waals surface area contributed by atoms with Crippen LogP contribution in [0.25, 0.3) is 5.65 Å². The monoisotopic (exact) mass is 451 g/mol. The number of rotatable bonds is 8. The molecule has 2 heterocycles. The lowest BCUT2D eigenvalue weighted by molar-refractivity contribution is -0.129. The molecule has 2 fully saturated rings. The summed E-state index contributed by atoms with van der Waals surface area (Å²) in [4.78, 5) is 37.7. The Labute approximate surface area is 182 Å². The van der Waals surface area contributed by atoms with Gasteiger partial charge in [0.15, 0.2) is 5.56 Å². The Kier molecular flexibility index (Phi) is 5.68. The fraction of sp³-hybridized carbons (Fsp3) is 0.619. The SMILES string of the molecule is CC(C)Cn1c(O)c(C(=O)NC2CC2)c(=O)n2ncc(CCC(=O)NC3CC(F)(F)C3)c12. The molecule has 11 heteroatoms. The average Bonchev–Trinajstić information content (AvgIpc) is 3.37. The van der Waals surface area contributed by atoms with E-state index in [9.17, 15) is 28.3 Å². The third-order valence-electron chi connectivity index (χ3n) is 5.72. The number of fused-ring (bicyclic) bond motifs is 1. The van der Waals surface area contributed by atoms with E-state index in [1.165, 1.54) is 10.8 Å². The van der Waals surface area contributed by atoms with Gasteiger partial charge in [0, 0.05) is 43.5 Å². The van der Waals surface area contributed by atoms with Gasteiger partial charge in [-0.1, -0.05) is 13.8 Å². The van der Waals surface area contributed by atoms with Crippen LogP contribution in [0.15, 0.2) is 11.0 Å². The molecule has 9 nitrogen and oxygen atoms in total. The van der Waals surface area contributed by atoms with Crippen LogP contribution < -0.4 is 16.2 Å². The normalized spacial score (nSPS) is 18.0. The number of hydrogen-bond acceptors (Lipinski definition) is 5. The predicted molar refractivity (Wildman–Crippen MR) is 111 cm³/mol. The molecule has 2 aromatic rings. The summed E-state index contributed by atoms with van der Waals surface area (Å²) in [5, 5.41) is 20.3. The highest BCUT2D eigenvalue weighted by Crippen LogP contribution is 2.37. The number of amides is 2. The summed E-state index contributed by atoms with van der Waals surface area (Å²) >= 11 is 0. The average molecular weight is 451 g/mol. The summed E-state index contributed by atoms with van der Waals surface area (Å²) in [6, 6.07) is -0.519. The number of carbonyl (C=O) groups is 2. The molecular formula is C21H27F2N5O4. The molecule has 2 amide bonds. The van der Waals surface area contributed by atoms with Crippen molar-refractivity contribution in [3.63, 3.8) is 0 Å². The molecule has 3 N–H and O–H groups in total. The van der Waals surface area contributed by atoms with Crippen molar-refractivity contribution in [3.8, 4) is 5.88 Å². The molecule has 0 unspecified atom stereocenters. The largest absolute Gasteiger partial charge is 0.494 e. The van der Waals surface area contributed by atoms with Crippen LogP contribution in [0.2, 0.25) is 0 Å². The van der Waals surface area contributed by atoms with Crippen LogP contribution in [0.3, 0.4) is 0 Å². The standard InChI is InChI=1S/C21H27F2N5O4/c1-11(2)10-27-18-12(3-6-15(29)25-14-7-21(22,23)8-14)9-24-28(18)20(32)16(19(27)31)17(30)26-13-4-5-13/h9,11,13-14,31H,3-8,10H2,1-2H3,(H,25,29)(H,26,30). The van der Waals surface area contributed by atoms with Crippen molar-refractivity contribution in [1.29, 1.82) is 0 Å². The number of alkyl halides is 2. The molecule has 4 rings (SSSR count). The number of nitrogens with one attached hydrogen (secondary N) is 2. The number of aromatic nitrogens is 3. The second-order valence-electron chi connectivity index (χ2n) is 9.19. The number of carbonyl (C=O) groups excluding carboxylic acids is 2. The highest BCUT2D eigenvalue weighted by atomic mass is 19.3. The van der Waals surface area contributed by atoms with Crippen molar-refractivity contribution in [2.24, 2.45) is 5.92 Å². The molecule has 0 saturated heterocycles. The highest BCUT2D eigenvalue weighted by molar-refractivity contribution is 5.96. The van der Waals surface area contributed by atoms with Gasteiger partial charge in [-0.25, -0.2) is 8.78 Å². The minimum absolute atomic E-state index is 0.0119. The van der Waals surface area contributed by atoms with Crippen molar-refractivity contribution in [3.05, 3.63) is 27.7 Å². The molecule has 0 aromatic carbocycles. The van der Waals surface area contributed by atoms with Crippen LogP contribution in [0.1, 0.15) is 61.9 Å². The second kappa shape index (κ2) is 8.18. The summed E-state index contributed by atoms with van der Waals surface area (Å²) in [7, 11) is 0. The van der Waals surface area contributed by atoms with Crippen molar-refractivity contribution in [2.75, 3.05) is 0 Å². The van der Waals surface area contributed by atoms with E-state index in [0.29, 0.717) is 17.8 Å². The number of aromatic hydroxyl groups is 1. The van der Waals surface area contributed by atoms with E-state index in [-0.39, 0.29) is 49.1 Å². The summed E-state index contributed by atoms with van der Waals surface area (Å²) in [5.41, 5.74) is -0.236. The predicted octanol–water partition coefficient (Wildman–Crippen LogP) is 1.60. The minimum atomic E-state index is -2.71. The maximum Gasteiger partial charge on any atom is 0.291 e. The summed E-state index contributed by atoms with van der Waals surface area (Å²) in [5.74, 6) is -4.07. The molecule has 0 aliphatic heterocycles. The van der Waals surface area contributed by atoms with Gasteiger partial charge < -0.3 is 15.7 Å². The van der Waals surface area contributed by atoms with Gasteiger partial charge in [0.25, 0.3) is 17.4 Å². The zero-order valence-corrected chi connectivity index (χ0v) is 18.0. The van der Waals surface area contributed by atoms with Crippen molar-refractivity contribution in [2.45, 2.75) is 76.9 Å². The molecule has 0 radical (unpaired) electrons. The van der Waals surface area contributed by atoms with E-state index in [0.717, 1.165) is 17.4 Å². The van der Waals surface area contributed by atoms with E-state index >= 15 is 0 Å². The Morgan fingerprint density at radius 3 is 2.53 bits per heavy atom. The van der Waals surface area contributed by atoms with E-state index in [1.54, 1.807) is 0 Å². The smallest absolute Gasteiger partial charge is 0.291 e. The summed E-state index contributed by atoms with van der Waals surface area (Å²) in [6.45, 7) is 4.17. The van der Waals surface area contributed by atoms with Crippen molar-refractivity contribution < 1.29 is 23.5 Å². The Morgan fingerprint density at radius 2 is 1.94 bits per heavy atom. The zero-order valence-electron chi connectivity index (χ0n) is 18.0. The van der Waals surface area contributed by atoms with Gasteiger partial charge in [0.2, 0.25) is 11.8 Å². The molecule has 2 saturated carbocycles. The van der Waals surface area contributed by atoms with Crippen LogP contribution in [-0.4, -0.2) is 49.1 Å². The van der Waals surface area contributed by atoms with Crippen LogP contribution in [0.5, 0.6) is 5.88 Å². The molecule has 174 valence electrons. The fourth-order valence-corrected chi connectivity index (χ4v) is 3.96. The van der Waals surface area contributed by atoms with E-state index in [4.69, 9.17) is 0 Å². The molecule has 2 aliphatic rings. The van der Waals surface area contributed by atoms with Crippen molar-refractivity contribution >= 4 is 17.5 Å². The minimum Gasteiger partial charge on any atom is -0.494 e. The van der Waals surface area contributed by atoms with Crippen LogP contribution in [0, 0.1) is 5.92 Å². The van der Waals surface area contributed by atoms with E-state index in [2.05, 4.69) is 15.7 Å².